The number of nitriles is 1. The summed E-state index contributed by atoms with van der Waals surface area (Å²) in [5.41, 5.74) is 3.21. The van der Waals surface area contributed by atoms with Crippen LogP contribution < -0.4 is 11.3 Å². The molecule has 2 rings (SSSR count). The molecule has 3 N–H and O–H groups in total. The van der Waals surface area contributed by atoms with Crippen molar-refractivity contribution in [2.24, 2.45) is 5.84 Å². The number of carbonyl (C=O) groups is 1. The highest BCUT2D eigenvalue weighted by molar-refractivity contribution is 5.91. The molecule has 1 aliphatic carbocycles. The summed E-state index contributed by atoms with van der Waals surface area (Å²) in [5.74, 6) is 4.70. The van der Waals surface area contributed by atoms with Crippen molar-refractivity contribution in [2.45, 2.75) is 31.8 Å². The van der Waals surface area contributed by atoms with Gasteiger partial charge in [-0.15, -0.1) is 0 Å². The van der Waals surface area contributed by atoms with E-state index in [2.05, 4.69) is 21.4 Å². The fourth-order valence-corrected chi connectivity index (χ4v) is 2.00. The van der Waals surface area contributed by atoms with Gasteiger partial charge < -0.3 is 0 Å². The number of rotatable bonds is 6. The summed E-state index contributed by atoms with van der Waals surface area (Å²) in [6, 6.07) is 8.03. The van der Waals surface area contributed by atoms with Crippen LogP contribution in [0.15, 0.2) is 18.2 Å². The van der Waals surface area contributed by atoms with E-state index in [9.17, 15) is 4.79 Å². The van der Waals surface area contributed by atoms with Gasteiger partial charge in [0.2, 0.25) is 0 Å². The Morgan fingerprint density at radius 1 is 1.58 bits per heavy atom. The molecule has 0 aliphatic heterocycles. The topological polar surface area (TPSA) is 95.0 Å². The van der Waals surface area contributed by atoms with E-state index in [4.69, 9.17) is 11.1 Å². The van der Waals surface area contributed by atoms with E-state index in [-0.39, 0.29) is 0 Å². The molecule has 1 aliphatic rings. The van der Waals surface area contributed by atoms with Gasteiger partial charge in [-0.25, -0.2) is 10.8 Å². The predicted molar refractivity (Wildman–Crippen MR) is 69.6 cm³/mol. The van der Waals surface area contributed by atoms with Crippen LogP contribution in [0, 0.1) is 11.3 Å². The zero-order valence-electron chi connectivity index (χ0n) is 10.7. The molecule has 1 fully saturated rings. The highest BCUT2D eigenvalue weighted by atomic mass is 16.2. The van der Waals surface area contributed by atoms with Crippen molar-refractivity contribution < 1.29 is 4.79 Å². The van der Waals surface area contributed by atoms with Crippen LogP contribution in [0.2, 0.25) is 0 Å². The molecular weight excluding hydrogens is 242 g/mol. The number of pyridine rings is 1. The molecule has 6 heteroatoms. The number of nitrogen functional groups attached to an aromatic ring is 1. The monoisotopic (exact) mass is 259 g/mol. The molecule has 1 aromatic heterocycles. The first-order valence-corrected chi connectivity index (χ1v) is 6.32. The number of nitrogens with one attached hydrogen (secondary N) is 1. The van der Waals surface area contributed by atoms with E-state index in [0.717, 1.165) is 12.2 Å². The maximum Gasteiger partial charge on any atom is 0.283 e. The molecule has 1 aromatic rings. The Bertz CT molecular complexity index is 492. The van der Waals surface area contributed by atoms with Gasteiger partial charge >= 0.3 is 0 Å². The second-order valence-corrected chi connectivity index (χ2v) is 4.60. The van der Waals surface area contributed by atoms with E-state index < -0.39 is 5.91 Å². The summed E-state index contributed by atoms with van der Waals surface area (Å²) in [7, 11) is 0. The molecule has 0 saturated heterocycles. The van der Waals surface area contributed by atoms with Crippen LogP contribution in [-0.2, 0) is 6.54 Å². The van der Waals surface area contributed by atoms with E-state index in [1.807, 2.05) is 6.07 Å². The Morgan fingerprint density at radius 3 is 3.00 bits per heavy atom. The molecule has 1 saturated carbocycles. The number of hydrogen-bond donors (Lipinski definition) is 2. The van der Waals surface area contributed by atoms with Gasteiger partial charge in [0.25, 0.3) is 5.91 Å². The zero-order chi connectivity index (χ0) is 13.7. The maximum atomic E-state index is 11.4. The Hall–Kier alpha value is -1.97. The van der Waals surface area contributed by atoms with Gasteiger partial charge in [-0.1, -0.05) is 6.07 Å². The Kier molecular flexibility index (Phi) is 4.44. The van der Waals surface area contributed by atoms with Crippen molar-refractivity contribution in [1.82, 2.24) is 15.3 Å². The molecule has 0 atom stereocenters. The molecule has 19 heavy (non-hydrogen) atoms. The average Bonchev–Trinajstić information content (AvgIpc) is 3.27. The Balaban J connectivity index is 2.04. The summed E-state index contributed by atoms with van der Waals surface area (Å²) >= 11 is 0. The number of nitrogens with zero attached hydrogens (tertiary/aromatic N) is 3. The summed E-state index contributed by atoms with van der Waals surface area (Å²) in [5, 5.41) is 8.67. The van der Waals surface area contributed by atoms with Crippen LogP contribution in [0.3, 0.4) is 0 Å². The Morgan fingerprint density at radius 2 is 2.37 bits per heavy atom. The summed E-state index contributed by atoms with van der Waals surface area (Å²) < 4.78 is 0. The van der Waals surface area contributed by atoms with E-state index in [1.165, 1.54) is 12.8 Å². The van der Waals surface area contributed by atoms with Gasteiger partial charge in [-0.3, -0.25) is 15.1 Å². The molecular formula is C13H17N5O. The quantitative estimate of drug-likeness (QED) is 0.442. The molecule has 1 heterocycles. The molecule has 0 spiro atoms. The average molecular weight is 259 g/mol. The third kappa shape index (κ3) is 3.74. The minimum Gasteiger partial charge on any atom is -0.294 e. The molecule has 100 valence electrons. The first kappa shape index (κ1) is 13.5. The lowest BCUT2D eigenvalue weighted by molar-refractivity contribution is 0.0948. The van der Waals surface area contributed by atoms with Crippen LogP contribution in [-0.4, -0.2) is 28.4 Å². The van der Waals surface area contributed by atoms with E-state index >= 15 is 0 Å². The second-order valence-electron chi connectivity index (χ2n) is 4.60. The van der Waals surface area contributed by atoms with Crippen LogP contribution in [0.25, 0.3) is 0 Å². The van der Waals surface area contributed by atoms with Crippen molar-refractivity contribution in [3.8, 4) is 6.07 Å². The van der Waals surface area contributed by atoms with Crippen LogP contribution in [0.5, 0.6) is 0 Å². The van der Waals surface area contributed by atoms with Gasteiger partial charge in [0.05, 0.1) is 11.8 Å². The van der Waals surface area contributed by atoms with Crippen LogP contribution >= 0.6 is 0 Å². The third-order valence-electron chi connectivity index (χ3n) is 3.11. The smallest absolute Gasteiger partial charge is 0.283 e. The maximum absolute atomic E-state index is 11.4. The van der Waals surface area contributed by atoms with Crippen LogP contribution in [0.4, 0.5) is 0 Å². The fourth-order valence-electron chi connectivity index (χ4n) is 2.00. The van der Waals surface area contributed by atoms with Crippen molar-refractivity contribution in [1.29, 1.82) is 5.26 Å². The summed E-state index contributed by atoms with van der Waals surface area (Å²) in [4.78, 5) is 17.9. The van der Waals surface area contributed by atoms with Crippen molar-refractivity contribution >= 4 is 5.91 Å². The second kappa shape index (κ2) is 6.27. The van der Waals surface area contributed by atoms with Gasteiger partial charge in [0.15, 0.2) is 0 Å². The normalized spacial score (nSPS) is 14.2. The number of carbonyl (C=O) groups excluding carboxylic acids is 1. The van der Waals surface area contributed by atoms with Gasteiger partial charge in [-0.05, 0) is 25.0 Å². The standard InChI is InChI=1S/C13H17N5O/c14-7-2-8-18(11-5-6-11)9-10-3-1-4-12(16-10)13(19)17-15/h1,3-4,11H,2,5-6,8-9,15H2,(H,17,19). The largest absolute Gasteiger partial charge is 0.294 e. The fraction of sp³-hybridized carbons (Fsp3) is 0.462. The lowest BCUT2D eigenvalue weighted by atomic mass is 10.2. The van der Waals surface area contributed by atoms with Crippen molar-refractivity contribution in [3.63, 3.8) is 0 Å². The first-order chi connectivity index (χ1) is 9.24. The minimum atomic E-state index is -0.392. The number of hydrazine groups is 1. The first-order valence-electron chi connectivity index (χ1n) is 6.32. The molecule has 0 radical (unpaired) electrons. The number of nitrogens with two attached hydrogens (primary N) is 1. The molecule has 6 nitrogen and oxygen atoms in total. The van der Waals surface area contributed by atoms with Gasteiger partial charge in [0, 0.05) is 25.6 Å². The SMILES string of the molecule is N#CCCN(Cc1cccc(C(=O)NN)n1)C1CC1. The van der Waals surface area contributed by atoms with E-state index in [1.54, 1.807) is 12.1 Å². The Labute approximate surface area is 112 Å². The molecule has 0 aromatic carbocycles. The van der Waals surface area contributed by atoms with Gasteiger partial charge in [0.1, 0.15) is 5.69 Å². The zero-order valence-corrected chi connectivity index (χ0v) is 10.7. The predicted octanol–water partition coefficient (Wildman–Crippen LogP) is 0.563. The van der Waals surface area contributed by atoms with Crippen molar-refractivity contribution in [3.05, 3.63) is 29.6 Å². The highest BCUT2D eigenvalue weighted by Gasteiger charge is 2.28. The lowest BCUT2D eigenvalue weighted by Crippen LogP contribution is -2.31. The lowest BCUT2D eigenvalue weighted by Gasteiger charge is -2.20. The third-order valence-corrected chi connectivity index (χ3v) is 3.11. The molecule has 0 unspecified atom stereocenters. The number of aromatic nitrogens is 1. The summed E-state index contributed by atoms with van der Waals surface area (Å²) in [6.07, 6.45) is 2.86. The molecule has 1 amide bonds. The minimum absolute atomic E-state index is 0.316. The highest BCUT2D eigenvalue weighted by Crippen LogP contribution is 2.28. The number of amides is 1. The molecule has 0 bridgehead atoms. The number of hydrogen-bond acceptors (Lipinski definition) is 5. The van der Waals surface area contributed by atoms with Crippen LogP contribution in [0.1, 0.15) is 35.4 Å². The van der Waals surface area contributed by atoms with Crippen molar-refractivity contribution in [2.75, 3.05) is 6.54 Å². The van der Waals surface area contributed by atoms with E-state index in [0.29, 0.717) is 24.7 Å². The van der Waals surface area contributed by atoms with Gasteiger partial charge in [-0.2, -0.15) is 5.26 Å². The summed E-state index contributed by atoms with van der Waals surface area (Å²) in [6.45, 7) is 1.41.